The Morgan fingerprint density at radius 1 is 1.25 bits per heavy atom. The highest BCUT2D eigenvalue weighted by Crippen LogP contribution is 2.40. The molecule has 1 rings (SSSR count). The second-order valence-electron chi connectivity index (χ2n) is 5.04. The summed E-state index contributed by atoms with van der Waals surface area (Å²) in [5, 5.41) is 8.86. The van der Waals surface area contributed by atoms with E-state index in [9.17, 15) is 0 Å². The van der Waals surface area contributed by atoms with Crippen LogP contribution in [0.2, 0.25) is 0 Å². The molecule has 0 aliphatic heterocycles. The van der Waals surface area contributed by atoms with Crippen LogP contribution in [0.4, 0.5) is 0 Å². The first-order valence-corrected chi connectivity index (χ1v) is 6.52. The Hall–Kier alpha value is -0.120. The molecule has 2 unspecified atom stereocenters. The molecular weight excluding hydrogens is 204 g/mol. The summed E-state index contributed by atoms with van der Waals surface area (Å²) >= 11 is 0. The van der Waals surface area contributed by atoms with E-state index in [1.807, 2.05) is 6.92 Å². The maximum absolute atomic E-state index is 8.86. The highest BCUT2D eigenvalue weighted by atomic mass is 16.6. The van der Waals surface area contributed by atoms with E-state index in [0.717, 1.165) is 6.42 Å². The lowest BCUT2D eigenvalue weighted by Crippen LogP contribution is -2.43. The fraction of sp³-hybridized carbons (Fsp3) is 1.00. The predicted octanol–water partition coefficient (Wildman–Crippen LogP) is 2.51. The standard InChI is InChI=1S/C13H26O3/c1-4-6-13(7-5-8-13)16-12(3)10-15-11(2)9-14/h11-12,14H,4-10H2,1-3H3. The van der Waals surface area contributed by atoms with Crippen molar-refractivity contribution < 1.29 is 14.6 Å². The van der Waals surface area contributed by atoms with E-state index in [2.05, 4.69) is 13.8 Å². The maximum Gasteiger partial charge on any atom is 0.0788 e. The molecule has 0 bridgehead atoms. The largest absolute Gasteiger partial charge is 0.394 e. The van der Waals surface area contributed by atoms with Crippen LogP contribution in [0, 0.1) is 0 Å². The number of rotatable bonds is 8. The molecule has 16 heavy (non-hydrogen) atoms. The van der Waals surface area contributed by atoms with Crippen LogP contribution in [0.15, 0.2) is 0 Å². The monoisotopic (exact) mass is 230 g/mol. The van der Waals surface area contributed by atoms with Crippen molar-refractivity contribution in [2.24, 2.45) is 0 Å². The SMILES string of the molecule is CCCC1(OC(C)COC(C)CO)CCC1. The van der Waals surface area contributed by atoms with Crippen LogP contribution in [0.5, 0.6) is 0 Å². The summed E-state index contributed by atoms with van der Waals surface area (Å²) in [7, 11) is 0. The highest BCUT2D eigenvalue weighted by Gasteiger charge is 2.38. The van der Waals surface area contributed by atoms with Crippen LogP contribution < -0.4 is 0 Å². The molecule has 1 saturated carbocycles. The summed E-state index contributed by atoms with van der Waals surface area (Å²) in [6, 6.07) is 0. The molecule has 2 atom stereocenters. The Bertz CT molecular complexity index is 190. The van der Waals surface area contributed by atoms with Gasteiger partial charge in [0.05, 0.1) is 31.0 Å². The molecular formula is C13H26O3. The zero-order valence-corrected chi connectivity index (χ0v) is 10.9. The summed E-state index contributed by atoms with van der Waals surface area (Å²) < 4.78 is 11.6. The quantitative estimate of drug-likeness (QED) is 0.696. The van der Waals surface area contributed by atoms with Crippen LogP contribution in [-0.4, -0.2) is 36.1 Å². The molecule has 0 aromatic heterocycles. The zero-order valence-electron chi connectivity index (χ0n) is 10.9. The minimum absolute atomic E-state index is 0.0762. The van der Waals surface area contributed by atoms with Gasteiger partial charge >= 0.3 is 0 Å². The molecule has 0 heterocycles. The van der Waals surface area contributed by atoms with Gasteiger partial charge in [-0.2, -0.15) is 0 Å². The minimum Gasteiger partial charge on any atom is -0.394 e. The zero-order chi connectivity index (χ0) is 12.0. The number of hydrogen-bond acceptors (Lipinski definition) is 3. The first-order chi connectivity index (χ1) is 7.62. The number of ether oxygens (including phenoxy) is 2. The molecule has 0 aromatic carbocycles. The van der Waals surface area contributed by atoms with E-state index in [1.54, 1.807) is 0 Å². The van der Waals surface area contributed by atoms with E-state index in [1.165, 1.54) is 25.7 Å². The number of hydrogen-bond donors (Lipinski definition) is 1. The van der Waals surface area contributed by atoms with Gasteiger partial charge in [-0.05, 0) is 39.5 Å². The van der Waals surface area contributed by atoms with E-state index in [-0.39, 0.29) is 24.4 Å². The van der Waals surface area contributed by atoms with Crippen molar-refractivity contribution >= 4 is 0 Å². The Balaban J connectivity index is 2.24. The van der Waals surface area contributed by atoms with Gasteiger partial charge in [0.2, 0.25) is 0 Å². The molecule has 3 heteroatoms. The number of aliphatic hydroxyl groups is 1. The van der Waals surface area contributed by atoms with Crippen LogP contribution in [0.1, 0.15) is 52.9 Å². The summed E-state index contributed by atoms with van der Waals surface area (Å²) in [6.07, 6.45) is 6.06. The van der Waals surface area contributed by atoms with Gasteiger partial charge in [0.15, 0.2) is 0 Å². The third-order valence-electron chi connectivity index (χ3n) is 3.29. The lowest BCUT2D eigenvalue weighted by molar-refractivity contribution is -0.160. The van der Waals surface area contributed by atoms with Gasteiger partial charge < -0.3 is 14.6 Å². The molecule has 3 nitrogen and oxygen atoms in total. The third-order valence-corrected chi connectivity index (χ3v) is 3.29. The molecule has 1 N–H and O–H groups in total. The van der Waals surface area contributed by atoms with E-state index in [4.69, 9.17) is 14.6 Å². The van der Waals surface area contributed by atoms with Gasteiger partial charge in [-0.3, -0.25) is 0 Å². The van der Waals surface area contributed by atoms with Crippen LogP contribution in [0.25, 0.3) is 0 Å². The van der Waals surface area contributed by atoms with Gasteiger partial charge in [0.25, 0.3) is 0 Å². The Morgan fingerprint density at radius 3 is 2.38 bits per heavy atom. The van der Waals surface area contributed by atoms with Crippen LogP contribution in [-0.2, 0) is 9.47 Å². The van der Waals surface area contributed by atoms with Crippen molar-refractivity contribution in [1.82, 2.24) is 0 Å². The summed E-state index contributed by atoms with van der Waals surface area (Å²) in [5.41, 5.74) is 0.139. The fourth-order valence-corrected chi connectivity index (χ4v) is 2.27. The van der Waals surface area contributed by atoms with Gasteiger partial charge in [-0.15, -0.1) is 0 Å². The molecule has 1 fully saturated rings. The van der Waals surface area contributed by atoms with Crippen LogP contribution >= 0.6 is 0 Å². The molecule has 0 spiro atoms. The predicted molar refractivity (Wildman–Crippen MR) is 64.5 cm³/mol. The first-order valence-electron chi connectivity index (χ1n) is 6.52. The van der Waals surface area contributed by atoms with Gasteiger partial charge in [0.1, 0.15) is 0 Å². The summed E-state index contributed by atoms with van der Waals surface area (Å²) in [4.78, 5) is 0. The lowest BCUT2D eigenvalue weighted by atomic mass is 9.77. The normalized spacial score (nSPS) is 22.5. The molecule has 0 aromatic rings. The van der Waals surface area contributed by atoms with Gasteiger partial charge in [-0.25, -0.2) is 0 Å². The minimum atomic E-state index is -0.0884. The molecule has 96 valence electrons. The Labute approximate surface area is 99.1 Å². The molecule has 1 aliphatic rings. The summed E-state index contributed by atoms with van der Waals surface area (Å²) in [5.74, 6) is 0. The van der Waals surface area contributed by atoms with Crippen molar-refractivity contribution in [2.45, 2.75) is 70.7 Å². The smallest absolute Gasteiger partial charge is 0.0788 e. The van der Waals surface area contributed by atoms with E-state index in [0.29, 0.717) is 6.61 Å². The van der Waals surface area contributed by atoms with Gasteiger partial charge in [-0.1, -0.05) is 13.3 Å². The Morgan fingerprint density at radius 2 is 1.94 bits per heavy atom. The van der Waals surface area contributed by atoms with Crippen molar-refractivity contribution in [3.63, 3.8) is 0 Å². The topological polar surface area (TPSA) is 38.7 Å². The molecule has 0 amide bonds. The molecule has 0 radical (unpaired) electrons. The van der Waals surface area contributed by atoms with Crippen molar-refractivity contribution in [3.05, 3.63) is 0 Å². The fourth-order valence-electron chi connectivity index (χ4n) is 2.27. The number of aliphatic hydroxyl groups excluding tert-OH is 1. The average Bonchev–Trinajstić information content (AvgIpc) is 2.23. The summed E-state index contributed by atoms with van der Waals surface area (Å²) in [6.45, 7) is 6.79. The van der Waals surface area contributed by atoms with Crippen molar-refractivity contribution in [2.75, 3.05) is 13.2 Å². The highest BCUT2D eigenvalue weighted by molar-refractivity contribution is 4.90. The second kappa shape index (κ2) is 6.58. The molecule has 1 aliphatic carbocycles. The van der Waals surface area contributed by atoms with E-state index >= 15 is 0 Å². The second-order valence-corrected chi connectivity index (χ2v) is 5.04. The van der Waals surface area contributed by atoms with Crippen LogP contribution in [0.3, 0.4) is 0 Å². The Kier molecular flexibility index (Phi) is 5.73. The third kappa shape index (κ3) is 4.04. The average molecular weight is 230 g/mol. The molecule has 0 saturated heterocycles. The van der Waals surface area contributed by atoms with Gasteiger partial charge in [0, 0.05) is 0 Å². The van der Waals surface area contributed by atoms with Crippen molar-refractivity contribution in [3.8, 4) is 0 Å². The van der Waals surface area contributed by atoms with E-state index < -0.39 is 0 Å². The maximum atomic E-state index is 8.86. The lowest BCUT2D eigenvalue weighted by Gasteiger charge is -2.43. The van der Waals surface area contributed by atoms with Crippen molar-refractivity contribution in [1.29, 1.82) is 0 Å². The first kappa shape index (κ1) is 13.9.